The van der Waals surface area contributed by atoms with E-state index < -0.39 is 0 Å². The third kappa shape index (κ3) is 8.26. The second-order valence-electron chi connectivity index (χ2n) is 2.82. The molecule has 0 radical (unpaired) electrons. The normalized spacial score (nSPS) is 7.33. The van der Waals surface area contributed by atoms with Crippen molar-refractivity contribution in [1.29, 1.82) is 0 Å². The monoisotopic (exact) mass is 203 g/mol. The Morgan fingerprint density at radius 1 is 1.13 bits per heavy atom. The number of benzene rings is 1. The quantitative estimate of drug-likeness (QED) is 0.503. The summed E-state index contributed by atoms with van der Waals surface area (Å²) in [6.45, 7) is 0. The van der Waals surface area contributed by atoms with Crippen LogP contribution in [0, 0.1) is 11.8 Å². The van der Waals surface area contributed by atoms with Gasteiger partial charge in [-0.05, 0) is 18.1 Å². The minimum absolute atomic E-state index is 0.590. The molecule has 78 valence electrons. The number of rotatable bonds is 1. The Morgan fingerprint density at radius 3 is 2.07 bits per heavy atom. The zero-order valence-electron chi connectivity index (χ0n) is 8.81. The van der Waals surface area contributed by atoms with Crippen molar-refractivity contribution in [2.45, 2.75) is 0 Å². The highest BCUT2D eigenvalue weighted by Crippen LogP contribution is 1.93. The van der Waals surface area contributed by atoms with E-state index in [1.807, 2.05) is 30.3 Å². The van der Waals surface area contributed by atoms with E-state index in [4.69, 9.17) is 0 Å². The largest absolute Gasteiger partial charge is 0.351 e. The van der Waals surface area contributed by atoms with Gasteiger partial charge in [0.05, 0.1) is 0 Å². The lowest BCUT2D eigenvalue weighted by Crippen LogP contribution is -2.06. The van der Waals surface area contributed by atoms with Crippen molar-refractivity contribution in [2.24, 2.45) is 0 Å². The van der Waals surface area contributed by atoms with Gasteiger partial charge in [-0.2, -0.15) is 0 Å². The zero-order valence-corrected chi connectivity index (χ0v) is 8.81. The first kappa shape index (κ1) is 12.9. The van der Waals surface area contributed by atoms with Crippen molar-refractivity contribution in [2.75, 3.05) is 14.1 Å². The third-order valence-corrected chi connectivity index (χ3v) is 1.26. The molecule has 0 aliphatic heterocycles. The van der Waals surface area contributed by atoms with Gasteiger partial charge in [-0.1, -0.05) is 24.1 Å². The van der Waals surface area contributed by atoms with E-state index in [-0.39, 0.29) is 0 Å². The van der Waals surface area contributed by atoms with E-state index in [2.05, 4.69) is 11.8 Å². The number of amides is 1. The molecule has 15 heavy (non-hydrogen) atoms. The highest BCUT2D eigenvalue weighted by atomic mass is 16.1. The molecular weight excluding hydrogens is 190 g/mol. The molecule has 3 heteroatoms. The van der Waals surface area contributed by atoms with E-state index in [0.29, 0.717) is 6.29 Å². The van der Waals surface area contributed by atoms with Gasteiger partial charge >= 0.3 is 0 Å². The van der Waals surface area contributed by atoms with Crippen molar-refractivity contribution in [1.82, 2.24) is 4.90 Å². The van der Waals surface area contributed by atoms with E-state index >= 15 is 0 Å². The van der Waals surface area contributed by atoms with Crippen LogP contribution >= 0.6 is 0 Å². The second-order valence-corrected chi connectivity index (χ2v) is 2.82. The molecule has 0 spiro atoms. The number of hydrogen-bond donors (Lipinski definition) is 0. The molecule has 0 aromatic heterocycles. The van der Waals surface area contributed by atoms with Crippen LogP contribution in [0.2, 0.25) is 0 Å². The predicted octanol–water partition coefficient (Wildman–Crippen LogP) is 0.941. The van der Waals surface area contributed by atoms with Crippen molar-refractivity contribution >= 4 is 12.7 Å². The summed E-state index contributed by atoms with van der Waals surface area (Å²) in [6.07, 6.45) is 1.34. The summed E-state index contributed by atoms with van der Waals surface area (Å²) >= 11 is 0. The fraction of sp³-hybridized carbons (Fsp3) is 0.167. The van der Waals surface area contributed by atoms with Crippen molar-refractivity contribution in [3.05, 3.63) is 35.9 Å². The van der Waals surface area contributed by atoms with Crippen LogP contribution in [0.3, 0.4) is 0 Å². The number of aldehydes is 1. The van der Waals surface area contributed by atoms with Crippen LogP contribution in [0.4, 0.5) is 0 Å². The summed E-state index contributed by atoms with van der Waals surface area (Å²) in [5.74, 6) is 5.01. The Hall–Kier alpha value is -2.08. The highest BCUT2D eigenvalue weighted by Gasteiger charge is 1.78. The predicted molar refractivity (Wildman–Crippen MR) is 59.1 cm³/mol. The zero-order chi connectivity index (χ0) is 11.5. The summed E-state index contributed by atoms with van der Waals surface area (Å²) in [4.78, 5) is 20.7. The maximum absolute atomic E-state index is 9.80. The van der Waals surface area contributed by atoms with Crippen LogP contribution in [-0.4, -0.2) is 31.7 Å². The van der Waals surface area contributed by atoms with Gasteiger partial charge in [-0.3, -0.25) is 9.59 Å². The standard InChI is InChI=1S/C9H6O.C3H7NO/c10-8-4-7-9-5-2-1-3-6-9;1-4(2)3-5/h1-3,5-6,8H;3H,1-2H3. The third-order valence-electron chi connectivity index (χ3n) is 1.26. The SMILES string of the molecule is CN(C)C=O.O=CC#Cc1ccccc1. The van der Waals surface area contributed by atoms with Gasteiger partial charge in [-0.25, -0.2) is 0 Å². The molecular formula is C12H13NO2. The molecule has 1 amide bonds. The minimum Gasteiger partial charge on any atom is -0.351 e. The van der Waals surface area contributed by atoms with Crippen LogP contribution < -0.4 is 0 Å². The van der Waals surface area contributed by atoms with Gasteiger partial charge in [-0.15, -0.1) is 0 Å². The van der Waals surface area contributed by atoms with Crippen LogP contribution in [-0.2, 0) is 9.59 Å². The number of carbonyl (C=O) groups is 2. The summed E-state index contributed by atoms with van der Waals surface area (Å²) in [5.41, 5.74) is 0.870. The fourth-order valence-electron chi connectivity index (χ4n) is 0.634. The lowest BCUT2D eigenvalue weighted by atomic mass is 10.2. The molecule has 0 fully saturated rings. The average Bonchev–Trinajstić information content (AvgIpc) is 2.28. The van der Waals surface area contributed by atoms with Gasteiger partial charge in [0.2, 0.25) is 6.41 Å². The maximum atomic E-state index is 9.80. The molecule has 3 nitrogen and oxygen atoms in total. The van der Waals surface area contributed by atoms with E-state index in [0.717, 1.165) is 12.0 Å². The molecule has 1 aromatic rings. The molecule has 0 atom stereocenters. The smallest absolute Gasteiger partial charge is 0.209 e. The van der Waals surface area contributed by atoms with Gasteiger partial charge in [0.1, 0.15) is 0 Å². The Morgan fingerprint density at radius 2 is 1.67 bits per heavy atom. The molecule has 1 aromatic carbocycles. The molecule has 1 rings (SSSR count). The maximum Gasteiger partial charge on any atom is 0.209 e. The van der Waals surface area contributed by atoms with Gasteiger partial charge < -0.3 is 4.90 Å². The molecule has 0 heterocycles. The first-order valence-electron chi connectivity index (χ1n) is 4.32. The lowest BCUT2D eigenvalue weighted by molar-refractivity contribution is -0.115. The van der Waals surface area contributed by atoms with Gasteiger partial charge in [0.15, 0.2) is 6.29 Å². The highest BCUT2D eigenvalue weighted by molar-refractivity contribution is 5.73. The van der Waals surface area contributed by atoms with Crippen LogP contribution in [0.1, 0.15) is 5.56 Å². The Bertz CT molecular complexity index is 347. The van der Waals surface area contributed by atoms with Gasteiger partial charge in [0, 0.05) is 19.7 Å². The molecule has 0 saturated heterocycles. The first-order valence-corrected chi connectivity index (χ1v) is 4.32. The number of carbonyl (C=O) groups excluding carboxylic acids is 2. The summed E-state index contributed by atoms with van der Waals surface area (Å²) in [6, 6.07) is 9.39. The Labute approximate surface area is 89.7 Å². The minimum atomic E-state index is 0.590. The number of hydrogen-bond acceptors (Lipinski definition) is 2. The Kier molecular flexibility index (Phi) is 7.33. The van der Waals surface area contributed by atoms with E-state index in [9.17, 15) is 9.59 Å². The van der Waals surface area contributed by atoms with Crippen LogP contribution in [0.15, 0.2) is 30.3 Å². The Balaban J connectivity index is 0.000000336. The van der Waals surface area contributed by atoms with E-state index in [1.165, 1.54) is 4.90 Å². The second kappa shape index (κ2) is 8.52. The van der Waals surface area contributed by atoms with E-state index in [1.54, 1.807) is 14.1 Å². The van der Waals surface area contributed by atoms with Crippen molar-refractivity contribution in [3.63, 3.8) is 0 Å². The topological polar surface area (TPSA) is 37.4 Å². The lowest BCUT2D eigenvalue weighted by Gasteiger charge is -1.93. The van der Waals surface area contributed by atoms with Crippen molar-refractivity contribution < 1.29 is 9.59 Å². The van der Waals surface area contributed by atoms with Crippen molar-refractivity contribution in [3.8, 4) is 11.8 Å². The van der Waals surface area contributed by atoms with Crippen LogP contribution in [0.5, 0.6) is 0 Å². The average molecular weight is 203 g/mol. The molecule has 0 aliphatic carbocycles. The summed E-state index contributed by atoms with van der Waals surface area (Å²) < 4.78 is 0. The fourth-order valence-corrected chi connectivity index (χ4v) is 0.634. The number of nitrogens with zero attached hydrogens (tertiary/aromatic N) is 1. The van der Waals surface area contributed by atoms with Gasteiger partial charge in [0.25, 0.3) is 0 Å². The molecule has 0 aliphatic rings. The summed E-state index contributed by atoms with van der Waals surface area (Å²) in [7, 11) is 3.38. The first-order chi connectivity index (χ1) is 7.20. The van der Waals surface area contributed by atoms with Crippen LogP contribution in [0.25, 0.3) is 0 Å². The molecule has 0 N–H and O–H groups in total. The molecule has 0 saturated carbocycles. The molecule has 0 unspecified atom stereocenters. The molecule has 0 bridgehead atoms. The summed E-state index contributed by atoms with van der Waals surface area (Å²) in [5, 5.41) is 0.